The zero-order valence-electron chi connectivity index (χ0n) is 12.0. The molecule has 0 bridgehead atoms. The van der Waals surface area contributed by atoms with Gasteiger partial charge in [0, 0.05) is 25.2 Å². The van der Waals surface area contributed by atoms with Gasteiger partial charge in [0.2, 0.25) is 0 Å². The fourth-order valence-electron chi connectivity index (χ4n) is 3.03. The summed E-state index contributed by atoms with van der Waals surface area (Å²) in [5, 5.41) is 2.16. The highest BCUT2D eigenvalue weighted by molar-refractivity contribution is 5.73. The van der Waals surface area contributed by atoms with Gasteiger partial charge in [-0.05, 0) is 45.4 Å². The maximum Gasteiger partial charge on any atom is 0.331 e. The normalized spacial score (nSPS) is 31.4. The average Bonchev–Trinajstić information content (AvgIpc) is 2.34. The molecule has 2 aliphatic heterocycles. The molecular weight excluding hydrogens is 226 g/mol. The number of carbonyl (C=O) groups is 1. The lowest BCUT2D eigenvalue weighted by Crippen LogP contribution is -2.58. The fraction of sp³-hybridized carbons (Fsp3) is 0.929. The molecule has 0 radical (unpaired) electrons. The summed E-state index contributed by atoms with van der Waals surface area (Å²) in [5.41, 5.74) is 3.12. The van der Waals surface area contributed by atoms with Gasteiger partial charge in [0.25, 0.3) is 0 Å². The van der Waals surface area contributed by atoms with Crippen LogP contribution in [0.25, 0.3) is 0 Å². The minimum absolute atomic E-state index is 0.0995. The first-order valence-corrected chi connectivity index (χ1v) is 7.42. The second-order valence-corrected chi connectivity index (χ2v) is 6.12. The highest BCUT2D eigenvalue weighted by Crippen LogP contribution is 2.21. The van der Waals surface area contributed by atoms with Crippen LogP contribution in [0.4, 0.5) is 4.79 Å². The Morgan fingerprint density at radius 1 is 1.00 bits per heavy atom. The molecule has 0 aromatic carbocycles. The van der Waals surface area contributed by atoms with Crippen LogP contribution in [0.2, 0.25) is 0 Å². The summed E-state index contributed by atoms with van der Waals surface area (Å²) in [7, 11) is 0. The third-order valence-corrected chi connectivity index (χ3v) is 4.49. The highest BCUT2D eigenvalue weighted by atomic mass is 16.2. The molecule has 0 aromatic heterocycles. The molecule has 2 fully saturated rings. The number of amides is 2. The first-order chi connectivity index (χ1) is 8.58. The predicted molar refractivity (Wildman–Crippen MR) is 73.1 cm³/mol. The molecule has 1 N–H and O–H groups in total. The van der Waals surface area contributed by atoms with E-state index >= 15 is 0 Å². The molecule has 4 heteroatoms. The molecule has 2 rings (SSSR count). The maximum atomic E-state index is 12.2. The van der Waals surface area contributed by atoms with E-state index in [0.717, 1.165) is 31.8 Å². The Labute approximate surface area is 111 Å². The quantitative estimate of drug-likeness (QED) is 0.779. The van der Waals surface area contributed by atoms with E-state index in [-0.39, 0.29) is 6.03 Å². The van der Waals surface area contributed by atoms with Crippen LogP contribution >= 0.6 is 0 Å². The van der Waals surface area contributed by atoms with Gasteiger partial charge < -0.3 is 4.90 Å². The van der Waals surface area contributed by atoms with Gasteiger partial charge >= 0.3 is 6.03 Å². The number of rotatable bonds is 1. The Balaban J connectivity index is 1.86. The van der Waals surface area contributed by atoms with Crippen LogP contribution in [0.5, 0.6) is 0 Å². The highest BCUT2D eigenvalue weighted by Gasteiger charge is 2.28. The number of hydrogen-bond donors (Lipinski definition) is 1. The third-order valence-electron chi connectivity index (χ3n) is 4.49. The van der Waals surface area contributed by atoms with E-state index in [1.165, 1.54) is 19.3 Å². The molecule has 0 spiro atoms. The van der Waals surface area contributed by atoms with Gasteiger partial charge in [-0.15, -0.1) is 0 Å². The van der Waals surface area contributed by atoms with Crippen molar-refractivity contribution in [1.29, 1.82) is 0 Å². The first kappa shape index (κ1) is 13.7. The Hall–Kier alpha value is -0.770. The van der Waals surface area contributed by atoms with E-state index in [4.69, 9.17) is 0 Å². The minimum atomic E-state index is 0.0995. The number of hydrogen-bond acceptors (Lipinski definition) is 2. The van der Waals surface area contributed by atoms with Crippen LogP contribution in [-0.2, 0) is 0 Å². The molecule has 0 aliphatic carbocycles. The Morgan fingerprint density at radius 2 is 1.56 bits per heavy atom. The third kappa shape index (κ3) is 3.16. The number of urea groups is 1. The average molecular weight is 253 g/mol. The topological polar surface area (TPSA) is 35.6 Å². The minimum Gasteiger partial charge on any atom is -0.324 e. The summed E-state index contributed by atoms with van der Waals surface area (Å²) in [5.74, 6) is 0.766. The summed E-state index contributed by atoms with van der Waals surface area (Å²) in [6.45, 7) is 8.49. The molecule has 104 valence electrons. The lowest BCUT2D eigenvalue weighted by Gasteiger charge is -2.40. The van der Waals surface area contributed by atoms with Crippen LogP contribution in [0.15, 0.2) is 0 Å². The van der Waals surface area contributed by atoms with E-state index < -0.39 is 0 Å². The van der Waals surface area contributed by atoms with Gasteiger partial charge in [-0.25, -0.2) is 9.80 Å². The molecule has 18 heavy (non-hydrogen) atoms. The molecule has 2 atom stereocenters. The summed E-state index contributed by atoms with van der Waals surface area (Å²) in [4.78, 5) is 14.2. The maximum absolute atomic E-state index is 12.2. The summed E-state index contributed by atoms with van der Waals surface area (Å²) in [6.07, 6.45) is 5.91. The Kier molecular flexibility index (Phi) is 4.49. The second-order valence-electron chi connectivity index (χ2n) is 6.12. The number of nitrogens with one attached hydrogen (secondary N) is 1. The summed E-state index contributed by atoms with van der Waals surface area (Å²) < 4.78 is 0. The second kappa shape index (κ2) is 5.91. The Morgan fingerprint density at radius 3 is 2.11 bits per heavy atom. The predicted octanol–water partition coefficient (Wildman–Crippen LogP) is 2.61. The molecule has 2 unspecified atom stereocenters. The van der Waals surface area contributed by atoms with Crippen molar-refractivity contribution < 1.29 is 4.79 Å². The summed E-state index contributed by atoms with van der Waals surface area (Å²) >= 11 is 0. The van der Waals surface area contributed by atoms with Crippen molar-refractivity contribution in [1.82, 2.24) is 15.3 Å². The van der Waals surface area contributed by atoms with Gasteiger partial charge in [-0.2, -0.15) is 0 Å². The molecule has 0 saturated carbocycles. The molecule has 2 heterocycles. The zero-order valence-corrected chi connectivity index (χ0v) is 12.0. The van der Waals surface area contributed by atoms with Crippen LogP contribution in [-0.4, -0.2) is 41.1 Å². The molecule has 2 saturated heterocycles. The molecular formula is C14H27N3O. The van der Waals surface area contributed by atoms with Gasteiger partial charge in [0.1, 0.15) is 0 Å². The van der Waals surface area contributed by atoms with E-state index in [2.05, 4.69) is 31.2 Å². The van der Waals surface area contributed by atoms with Crippen molar-refractivity contribution in [2.45, 2.75) is 65.0 Å². The van der Waals surface area contributed by atoms with Crippen LogP contribution in [0.3, 0.4) is 0 Å². The molecule has 2 aliphatic rings. The number of hydrazine groups is 1. The lowest BCUT2D eigenvalue weighted by atomic mass is 9.99. The fourth-order valence-corrected chi connectivity index (χ4v) is 3.03. The van der Waals surface area contributed by atoms with Crippen LogP contribution in [0, 0.1) is 5.92 Å². The van der Waals surface area contributed by atoms with E-state index in [9.17, 15) is 4.79 Å². The van der Waals surface area contributed by atoms with Crippen molar-refractivity contribution in [3.8, 4) is 0 Å². The van der Waals surface area contributed by atoms with E-state index in [0.29, 0.717) is 12.1 Å². The van der Waals surface area contributed by atoms with Gasteiger partial charge in [0.15, 0.2) is 0 Å². The van der Waals surface area contributed by atoms with Crippen LogP contribution in [0.1, 0.15) is 52.9 Å². The largest absolute Gasteiger partial charge is 0.331 e. The van der Waals surface area contributed by atoms with Crippen molar-refractivity contribution in [3.63, 3.8) is 0 Å². The number of likely N-dealkylation sites (tertiary alicyclic amines) is 1. The van der Waals surface area contributed by atoms with E-state index in [1.807, 2.05) is 4.90 Å². The molecule has 0 aromatic rings. The van der Waals surface area contributed by atoms with Crippen molar-refractivity contribution in [3.05, 3.63) is 0 Å². The van der Waals surface area contributed by atoms with Crippen molar-refractivity contribution in [2.75, 3.05) is 13.1 Å². The summed E-state index contributed by atoms with van der Waals surface area (Å²) in [6, 6.07) is 1.02. The smallest absolute Gasteiger partial charge is 0.324 e. The van der Waals surface area contributed by atoms with Crippen LogP contribution < -0.4 is 5.43 Å². The van der Waals surface area contributed by atoms with Gasteiger partial charge in [0.05, 0.1) is 0 Å². The Bertz CT molecular complexity index is 277. The number of piperidine rings is 2. The lowest BCUT2D eigenvalue weighted by molar-refractivity contribution is 0.0474. The molecule has 4 nitrogen and oxygen atoms in total. The standard InChI is InChI=1S/C14H27N3O/c1-11-7-9-16(10-8-11)14(18)15-17-12(2)5-4-6-13(17)3/h11-13H,4-10H2,1-3H3,(H,15,18). The van der Waals surface area contributed by atoms with Gasteiger partial charge in [-0.3, -0.25) is 5.43 Å². The van der Waals surface area contributed by atoms with Gasteiger partial charge in [-0.1, -0.05) is 13.3 Å². The first-order valence-electron chi connectivity index (χ1n) is 7.42. The van der Waals surface area contributed by atoms with E-state index in [1.54, 1.807) is 0 Å². The monoisotopic (exact) mass is 253 g/mol. The molecule has 2 amide bonds. The number of nitrogens with zero attached hydrogens (tertiary/aromatic N) is 2. The van der Waals surface area contributed by atoms with Crippen molar-refractivity contribution >= 4 is 6.03 Å². The van der Waals surface area contributed by atoms with Crippen molar-refractivity contribution in [2.24, 2.45) is 5.92 Å². The SMILES string of the molecule is CC1CCN(C(=O)NN2C(C)CCCC2C)CC1. The zero-order chi connectivity index (χ0) is 13.1. The number of carbonyl (C=O) groups excluding carboxylic acids is 1.